The zero-order chi connectivity index (χ0) is 38.8. The maximum Gasteiger partial charge on any atom is 0.293 e. The Morgan fingerprint density at radius 2 is 1.27 bits per heavy atom. The SMILES string of the molecule is Cc1cc2c3c(c1)C(C)(C)c1ccc(C(C)(C)C)cc1B3c1oc3cccc(C(C)(C)C)c3c1N2c1ccc(C(C)(C)C)cc1C12CC3CC(CC(C3)C1)C2. The maximum absolute atomic E-state index is 7.43. The Labute approximate surface area is 331 Å². The number of hydrogen-bond donors (Lipinski definition) is 0. The van der Waals surface area contributed by atoms with Crippen molar-refractivity contribution in [2.24, 2.45) is 17.8 Å². The summed E-state index contributed by atoms with van der Waals surface area (Å²) in [6.45, 7) is 28.6. The zero-order valence-corrected chi connectivity index (χ0v) is 35.8. The van der Waals surface area contributed by atoms with Crippen LogP contribution in [0.2, 0.25) is 0 Å². The molecule has 0 amide bonds. The highest BCUT2D eigenvalue weighted by atomic mass is 16.3. The highest BCUT2D eigenvalue weighted by molar-refractivity contribution is 6.98. The van der Waals surface area contributed by atoms with E-state index in [2.05, 4.69) is 155 Å². The first-order valence-electron chi connectivity index (χ1n) is 21.6. The van der Waals surface area contributed by atoms with Crippen LogP contribution in [-0.2, 0) is 27.1 Å². The van der Waals surface area contributed by atoms with Crippen molar-refractivity contribution in [1.29, 1.82) is 0 Å². The van der Waals surface area contributed by atoms with Gasteiger partial charge in [0.25, 0.3) is 6.71 Å². The van der Waals surface area contributed by atoms with Crippen LogP contribution in [0.15, 0.2) is 71.1 Å². The van der Waals surface area contributed by atoms with Gasteiger partial charge in [0, 0.05) is 16.5 Å². The Hall–Kier alpha value is -3.72. The minimum atomic E-state index is -0.164. The lowest BCUT2D eigenvalue weighted by Crippen LogP contribution is -2.64. The molecule has 4 aromatic carbocycles. The lowest BCUT2D eigenvalue weighted by atomic mass is 9.31. The normalized spacial score (nSPS) is 25.0. The molecule has 11 rings (SSSR count). The molecule has 4 saturated carbocycles. The van der Waals surface area contributed by atoms with E-state index >= 15 is 0 Å². The van der Waals surface area contributed by atoms with Gasteiger partial charge in [-0.3, -0.25) is 0 Å². The van der Waals surface area contributed by atoms with E-state index < -0.39 is 0 Å². The van der Waals surface area contributed by atoms with Crippen molar-refractivity contribution < 1.29 is 4.42 Å². The summed E-state index contributed by atoms with van der Waals surface area (Å²) in [5.41, 5.74) is 19.1. The van der Waals surface area contributed by atoms with Gasteiger partial charge in [0.05, 0.1) is 17.0 Å². The van der Waals surface area contributed by atoms with Crippen LogP contribution in [0.3, 0.4) is 0 Å². The third-order valence-corrected chi connectivity index (χ3v) is 15.1. The molecule has 2 aliphatic heterocycles. The molecule has 2 nitrogen and oxygen atoms in total. The number of fused-ring (bicyclic) bond motifs is 6. The molecular weight excluding hydrogens is 665 g/mol. The van der Waals surface area contributed by atoms with Crippen LogP contribution in [-0.4, -0.2) is 6.71 Å². The standard InChI is InChI=1S/C52H62BNO/c1-30-20-39-45-42(21-30)54(41-19-17-34(48(2,3)4)25-38(41)52-27-31-22-32(28-52)24-33(23-31)29-52)46-44-37(50(8,9)10)14-13-15-43(44)55-47(46)53(45)40-26-35(49(5,6)7)16-18-36(40)51(39,11)12/h13-21,25-26,31-33H,22-24,27-29H2,1-12H3. The molecule has 0 N–H and O–H groups in total. The fourth-order valence-corrected chi connectivity index (χ4v) is 12.8. The molecular formula is C52H62BNO. The second-order valence-electron chi connectivity index (χ2n) is 22.6. The quantitative estimate of drug-likeness (QED) is 0.165. The number of rotatable bonds is 2. The van der Waals surface area contributed by atoms with Crippen LogP contribution >= 0.6 is 0 Å². The van der Waals surface area contributed by atoms with Gasteiger partial charge in [-0.15, -0.1) is 0 Å². The molecule has 0 saturated heterocycles. The van der Waals surface area contributed by atoms with E-state index in [1.807, 2.05) is 0 Å². The molecule has 3 heteroatoms. The summed E-state index contributed by atoms with van der Waals surface area (Å²) < 4.78 is 7.43. The molecule has 4 fully saturated rings. The topological polar surface area (TPSA) is 16.4 Å². The van der Waals surface area contributed by atoms with Crippen LogP contribution in [0, 0.1) is 24.7 Å². The van der Waals surface area contributed by atoms with Gasteiger partial charge in [0.1, 0.15) is 5.58 Å². The molecule has 0 atom stereocenters. The van der Waals surface area contributed by atoms with Crippen molar-refractivity contribution in [3.63, 3.8) is 0 Å². The third-order valence-electron chi connectivity index (χ3n) is 15.1. The van der Waals surface area contributed by atoms with E-state index in [1.54, 1.807) is 5.56 Å². The molecule has 3 heterocycles. The van der Waals surface area contributed by atoms with Crippen LogP contribution in [0.5, 0.6) is 0 Å². The van der Waals surface area contributed by atoms with Gasteiger partial charge in [-0.25, -0.2) is 0 Å². The number of hydrogen-bond acceptors (Lipinski definition) is 2. The van der Waals surface area contributed by atoms with Gasteiger partial charge >= 0.3 is 0 Å². The molecule has 5 aromatic rings. The largest absolute Gasteiger partial charge is 0.468 e. The van der Waals surface area contributed by atoms with Crippen molar-refractivity contribution in [3.8, 4) is 0 Å². The second kappa shape index (κ2) is 11.2. The minimum Gasteiger partial charge on any atom is -0.468 e. The summed E-state index contributed by atoms with van der Waals surface area (Å²) >= 11 is 0. The Balaban J connectivity index is 1.34. The van der Waals surface area contributed by atoms with Gasteiger partial charge in [-0.05, 0) is 147 Å². The molecule has 0 unspecified atom stereocenters. The van der Waals surface area contributed by atoms with Gasteiger partial charge in [-0.1, -0.05) is 130 Å². The number of benzene rings is 4. The summed E-state index contributed by atoms with van der Waals surface area (Å²) in [5.74, 6) is 2.59. The molecule has 0 radical (unpaired) electrons. The van der Waals surface area contributed by atoms with Crippen molar-refractivity contribution in [2.45, 2.75) is 149 Å². The molecule has 0 spiro atoms. The highest BCUT2D eigenvalue weighted by Crippen LogP contribution is 2.63. The average Bonchev–Trinajstić information content (AvgIpc) is 3.47. The lowest BCUT2D eigenvalue weighted by Gasteiger charge is -2.58. The monoisotopic (exact) mass is 727 g/mol. The van der Waals surface area contributed by atoms with Crippen LogP contribution in [0.4, 0.5) is 17.1 Å². The predicted molar refractivity (Wildman–Crippen MR) is 235 cm³/mol. The number of nitrogens with zero attached hydrogens (tertiary/aromatic N) is 1. The highest BCUT2D eigenvalue weighted by Gasteiger charge is 2.54. The van der Waals surface area contributed by atoms with E-state index in [0.717, 1.165) is 29.0 Å². The van der Waals surface area contributed by atoms with E-state index in [4.69, 9.17) is 4.42 Å². The zero-order valence-electron chi connectivity index (χ0n) is 35.8. The molecule has 55 heavy (non-hydrogen) atoms. The van der Waals surface area contributed by atoms with E-state index in [0.29, 0.717) is 0 Å². The average molecular weight is 728 g/mol. The first kappa shape index (κ1) is 35.7. The fraction of sp³-hybridized carbons (Fsp3) is 0.500. The second-order valence-corrected chi connectivity index (χ2v) is 22.6. The predicted octanol–water partition coefficient (Wildman–Crippen LogP) is 12.0. The summed E-state index contributed by atoms with van der Waals surface area (Å²) in [6, 6.07) is 27.0. The van der Waals surface area contributed by atoms with Crippen molar-refractivity contribution in [3.05, 3.63) is 106 Å². The van der Waals surface area contributed by atoms with Gasteiger partial charge in [0.15, 0.2) is 0 Å². The summed E-state index contributed by atoms with van der Waals surface area (Å²) in [4.78, 5) is 2.76. The molecule has 1 aromatic heterocycles. The number of furan rings is 1. The molecule has 284 valence electrons. The third kappa shape index (κ3) is 5.12. The molecule has 6 aliphatic rings. The van der Waals surface area contributed by atoms with Crippen molar-refractivity contribution >= 4 is 51.3 Å². The number of anilines is 3. The first-order chi connectivity index (χ1) is 25.7. The summed E-state index contributed by atoms with van der Waals surface area (Å²) in [5, 5.41) is 1.29. The Morgan fingerprint density at radius 3 is 1.89 bits per heavy atom. The van der Waals surface area contributed by atoms with Gasteiger partial charge in [0.2, 0.25) is 0 Å². The van der Waals surface area contributed by atoms with Gasteiger partial charge in [-0.2, -0.15) is 0 Å². The Morgan fingerprint density at radius 1 is 0.655 bits per heavy atom. The van der Waals surface area contributed by atoms with Gasteiger partial charge < -0.3 is 9.32 Å². The first-order valence-corrected chi connectivity index (χ1v) is 21.6. The lowest BCUT2D eigenvalue weighted by molar-refractivity contribution is -0.00496. The smallest absolute Gasteiger partial charge is 0.293 e. The molecule has 4 aliphatic carbocycles. The Bertz CT molecular complexity index is 2380. The van der Waals surface area contributed by atoms with Crippen LogP contribution < -0.4 is 21.5 Å². The number of aryl methyl sites for hydroxylation is 1. The summed E-state index contributed by atoms with van der Waals surface area (Å²) in [6.07, 6.45) is 8.35. The van der Waals surface area contributed by atoms with Crippen molar-refractivity contribution in [2.75, 3.05) is 4.90 Å². The summed E-state index contributed by atoms with van der Waals surface area (Å²) in [7, 11) is 0. The maximum atomic E-state index is 7.43. The molecule has 4 bridgehead atoms. The van der Waals surface area contributed by atoms with E-state index in [-0.39, 0.29) is 33.8 Å². The minimum absolute atomic E-state index is 0.0132. The van der Waals surface area contributed by atoms with Crippen LogP contribution in [0.25, 0.3) is 11.0 Å². The van der Waals surface area contributed by atoms with Crippen LogP contribution in [0.1, 0.15) is 154 Å². The van der Waals surface area contributed by atoms with Crippen molar-refractivity contribution in [1.82, 2.24) is 0 Å². The fourth-order valence-electron chi connectivity index (χ4n) is 12.8. The Kier molecular flexibility index (Phi) is 7.29. The van der Waals surface area contributed by atoms with E-state index in [1.165, 1.54) is 105 Å². The van der Waals surface area contributed by atoms with E-state index in [9.17, 15) is 0 Å².